The molecule has 3 heteroatoms. The molecule has 90 valence electrons. The van der Waals surface area contributed by atoms with Crippen molar-refractivity contribution in [2.24, 2.45) is 0 Å². The Morgan fingerprint density at radius 2 is 2.06 bits per heavy atom. The van der Waals surface area contributed by atoms with Crippen LogP contribution >= 0.6 is 11.8 Å². The number of aryl methyl sites for hydroxylation is 2. The van der Waals surface area contributed by atoms with Crippen molar-refractivity contribution >= 4 is 11.8 Å². The standard InChI is InChI=1S/C13H21NOS/c1-10-4-5-13(8-11(10)2)16-9-12(14-3)6-7-15/h4-5,8,12,14-15H,6-7,9H2,1-3H3. The van der Waals surface area contributed by atoms with Gasteiger partial charge < -0.3 is 10.4 Å². The number of aliphatic hydroxyl groups excluding tert-OH is 1. The van der Waals surface area contributed by atoms with E-state index in [2.05, 4.69) is 37.4 Å². The maximum Gasteiger partial charge on any atom is 0.0446 e. The van der Waals surface area contributed by atoms with Crippen LogP contribution in [-0.4, -0.2) is 30.6 Å². The molecule has 2 nitrogen and oxygen atoms in total. The molecule has 0 fully saturated rings. The van der Waals surface area contributed by atoms with Gasteiger partial charge in [-0.25, -0.2) is 0 Å². The largest absolute Gasteiger partial charge is 0.396 e. The molecule has 0 aliphatic carbocycles. The van der Waals surface area contributed by atoms with Crippen LogP contribution in [0.1, 0.15) is 17.5 Å². The van der Waals surface area contributed by atoms with Gasteiger partial charge in [0.25, 0.3) is 0 Å². The highest BCUT2D eigenvalue weighted by molar-refractivity contribution is 7.99. The minimum absolute atomic E-state index is 0.249. The molecule has 0 saturated carbocycles. The lowest BCUT2D eigenvalue weighted by atomic mass is 10.1. The molecule has 1 aromatic carbocycles. The maximum atomic E-state index is 8.90. The monoisotopic (exact) mass is 239 g/mol. The van der Waals surface area contributed by atoms with Crippen LogP contribution in [0.4, 0.5) is 0 Å². The zero-order valence-corrected chi connectivity index (χ0v) is 11.1. The van der Waals surface area contributed by atoms with E-state index >= 15 is 0 Å². The van der Waals surface area contributed by atoms with E-state index in [1.165, 1.54) is 16.0 Å². The summed E-state index contributed by atoms with van der Waals surface area (Å²) >= 11 is 1.84. The molecule has 1 unspecified atom stereocenters. The average Bonchev–Trinajstić information content (AvgIpc) is 2.28. The fourth-order valence-electron chi connectivity index (χ4n) is 1.47. The van der Waals surface area contributed by atoms with Crippen LogP contribution in [0.15, 0.2) is 23.1 Å². The normalized spacial score (nSPS) is 12.8. The number of hydrogen-bond acceptors (Lipinski definition) is 3. The SMILES string of the molecule is CNC(CCO)CSc1ccc(C)c(C)c1. The summed E-state index contributed by atoms with van der Waals surface area (Å²) in [7, 11) is 1.95. The molecule has 1 rings (SSSR count). The first-order valence-electron chi connectivity index (χ1n) is 5.65. The Hall–Kier alpha value is -0.510. The number of thioether (sulfide) groups is 1. The summed E-state index contributed by atoms with van der Waals surface area (Å²) in [5.74, 6) is 1.000. The van der Waals surface area contributed by atoms with Crippen molar-refractivity contribution in [3.63, 3.8) is 0 Å². The van der Waals surface area contributed by atoms with Crippen LogP contribution in [0.5, 0.6) is 0 Å². The fraction of sp³-hybridized carbons (Fsp3) is 0.538. The highest BCUT2D eigenvalue weighted by atomic mass is 32.2. The first-order valence-corrected chi connectivity index (χ1v) is 6.64. The summed E-state index contributed by atoms with van der Waals surface area (Å²) in [6, 6.07) is 6.94. The molecule has 16 heavy (non-hydrogen) atoms. The molecule has 0 aliphatic rings. The molecule has 2 N–H and O–H groups in total. The molecule has 0 aromatic heterocycles. The van der Waals surface area contributed by atoms with E-state index in [9.17, 15) is 0 Å². The highest BCUT2D eigenvalue weighted by Gasteiger charge is 2.06. The second kappa shape index (κ2) is 6.94. The molecular weight excluding hydrogens is 218 g/mol. The second-order valence-corrected chi connectivity index (χ2v) is 5.15. The first kappa shape index (κ1) is 13.6. The molecule has 0 heterocycles. The van der Waals surface area contributed by atoms with E-state index in [4.69, 9.17) is 5.11 Å². The van der Waals surface area contributed by atoms with E-state index in [0.29, 0.717) is 6.04 Å². The fourth-order valence-corrected chi connectivity index (χ4v) is 2.62. The molecule has 0 bridgehead atoms. The van der Waals surface area contributed by atoms with Gasteiger partial charge in [0.1, 0.15) is 0 Å². The third-order valence-corrected chi connectivity index (χ3v) is 3.97. The van der Waals surface area contributed by atoms with Crippen LogP contribution in [0, 0.1) is 13.8 Å². The summed E-state index contributed by atoms with van der Waals surface area (Å²) in [4.78, 5) is 1.31. The molecule has 1 aromatic rings. The number of hydrogen-bond donors (Lipinski definition) is 2. The van der Waals surface area contributed by atoms with Crippen LogP contribution in [0.3, 0.4) is 0 Å². The van der Waals surface area contributed by atoms with Gasteiger partial charge in [-0.2, -0.15) is 0 Å². The zero-order valence-electron chi connectivity index (χ0n) is 10.3. The van der Waals surface area contributed by atoms with Gasteiger partial charge in [0.2, 0.25) is 0 Å². The first-order chi connectivity index (χ1) is 7.67. The maximum absolute atomic E-state index is 8.90. The minimum Gasteiger partial charge on any atom is -0.396 e. The van der Waals surface area contributed by atoms with E-state index in [1.807, 2.05) is 18.8 Å². The quantitative estimate of drug-likeness (QED) is 0.748. The Kier molecular flexibility index (Phi) is 5.88. The summed E-state index contributed by atoms with van der Waals surface area (Å²) in [5, 5.41) is 12.1. The minimum atomic E-state index is 0.249. The van der Waals surface area contributed by atoms with Crippen molar-refractivity contribution in [1.82, 2.24) is 5.32 Å². The number of nitrogens with one attached hydrogen (secondary N) is 1. The van der Waals surface area contributed by atoms with Gasteiger partial charge >= 0.3 is 0 Å². The summed E-state index contributed by atoms with van der Waals surface area (Å²) in [6.45, 7) is 4.52. The van der Waals surface area contributed by atoms with Crippen LogP contribution in [0.25, 0.3) is 0 Å². The summed E-state index contributed by atoms with van der Waals surface area (Å²) in [6.07, 6.45) is 0.814. The molecule has 0 radical (unpaired) electrons. The lowest BCUT2D eigenvalue weighted by Gasteiger charge is -2.14. The third-order valence-electron chi connectivity index (χ3n) is 2.82. The topological polar surface area (TPSA) is 32.3 Å². The van der Waals surface area contributed by atoms with Crippen molar-refractivity contribution in [2.45, 2.75) is 31.2 Å². The van der Waals surface area contributed by atoms with Gasteiger partial charge in [0.15, 0.2) is 0 Å². The van der Waals surface area contributed by atoms with Crippen molar-refractivity contribution in [2.75, 3.05) is 19.4 Å². The predicted molar refractivity (Wildman–Crippen MR) is 71.2 cm³/mol. The Labute approximate surface area is 102 Å². The van der Waals surface area contributed by atoms with Crippen LogP contribution in [0.2, 0.25) is 0 Å². The average molecular weight is 239 g/mol. The van der Waals surface area contributed by atoms with Gasteiger partial charge in [-0.15, -0.1) is 11.8 Å². The Bertz CT molecular complexity index is 328. The lowest BCUT2D eigenvalue weighted by molar-refractivity contribution is 0.273. The van der Waals surface area contributed by atoms with Crippen molar-refractivity contribution in [3.8, 4) is 0 Å². The highest BCUT2D eigenvalue weighted by Crippen LogP contribution is 2.22. The molecule has 0 saturated heterocycles. The van der Waals surface area contributed by atoms with Crippen LogP contribution < -0.4 is 5.32 Å². The van der Waals surface area contributed by atoms with E-state index in [1.54, 1.807) is 0 Å². The van der Waals surface area contributed by atoms with E-state index in [-0.39, 0.29) is 6.61 Å². The molecule has 0 spiro atoms. The third kappa shape index (κ3) is 4.16. The lowest BCUT2D eigenvalue weighted by Crippen LogP contribution is -2.28. The second-order valence-electron chi connectivity index (χ2n) is 4.05. The molecular formula is C13H21NOS. The van der Waals surface area contributed by atoms with Crippen LogP contribution in [-0.2, 0) is 0 Å². The predicted octanol–water partition coefficient (Wildman–Crippen LogP) is 2.37. The number of benzene rings is 1. The van der Waals surface area contributed by atoms with E-state index in [0.717, 1.165) is 12.2 Å². The number of aliphatic hydroxyl groups is 1. The molecule has 1 atom stereocenters. The van der Waals surface area contributed by atoms with Gasteiger partial charge in [-0.1, -0.05) is 6.07 Å². The van der Waals surface area contributed by atoms with Crippen molar-refractivity contribution in [3.05, 3.63) is 29.3 Å². The Morgan fingerprint density at radius 1 is 1.31 bits per heavy atom. The van der Waals surface area contributed by atoms with Gasteiger partial charge in [0.05, 0.1) is 0 Å². The number of rotatable bonds is 6. The summed E-state index contributed by atoms with van der Waals surface area (Å²) < 4.78 is 0. The van der Waals surface area contributed by atoms with Crippen molar-refractivity contribution in [1.29, 1.82) is 0 Å². The smallest absolute Gasteiger partial charge is 0.0446 e. The Balaban J connectivity index is 2.50. The van der Waals surface area contributed by atoms with Gasteiger partial charge in [-0.3, -0.25) is 0 Å². The molecule has 0 aliphatic heterocycles. The Morgan fingerprint density at radius 3 is 2.62 bits per heavy atom. The van der Waals surface area contributed by atoms with Gasteiger partial charge in [0, 0.05) is 23.3 Å². The van der Waals surface area contributed by atoms with E-state index < -0.39 is 0 Å². The van der Waals surface area contributed by atoms with Gasteiger partial charge in [-0.05, 0) is 50.6 Å². The summed E-state index contributed by atoms with van der Waals surface area (Å²) in [5.41, 5.74) is 2.68. The zero-order chi connectivity index (χ0) is 12.0. The molecule has 0 amide bonds. The van der Waals surface area contributed by atoms with Crippen molar-refractivity contribution < 1.29 is 5.11 Å².